The van der Waals surface area contributed by atoms with Gasteiger partial charge >= 0.3 is 5.97 Å². The van der Waals surface area contributed by atoms with Gasteiger partial charge in [0.15, 0.2) is 0 Å². The predicted octanol–water partition coefficient (Wildman–Crippen LogP) is 3.65. The van der Waals surface area contributed by atoms with Gasteiger partial charge in [-0.3, -0.25) is 9.97 Å². The Labute approximate surface area is 145 Å². The molecule has 6 nitrogen and oxygen atoms in total. The summed E-state index contributed by atoms with van der Waals surface area (Å²) in [5, 5.41) is 12.6. The maximum atomic E-state index is 11.5. The van der Waals surface area contributed by atoms with E-state index in [1.54, 1.807) is 35.6 Å². The van der Waals surface area contributed by atoms with E-state index in [4.69, 9.17) is 0 Å². The van der Waals surface area contributed by atoms with E-state index in [1.807, 2.05) is 44.4 Å². The summed E-state index contributed by atoms with van der Waals surface area (Å²) < 4.78 is 0. The van der Waals surface area contributed by atoms with Crippen molar-refractivity contribution < 1.29 is 9.90 Å². The second kappa shape index (κ2) is 7.00. The van der Waals surface area contributed by atoms with E-state index in [-0.39, 0.29) is 5.56 Å². The molecule has 0 aliphatic heterocycles. The van der Waals surface area contributed by atoms with Crippen molar-refractivity contribution in [3.05, 3.63) is 66.6 Å². The number of carboxylic acids is 1. The SMILES string of the molecule is CN(C)c1ccc(Nc2ccc(-c3cnccn3)cc2)cc1C(=O)O. The zero-order valence-corrected chi connectivity index (χ0v) is 14.0. The Morgan fingerprint density at radius 2 is 1.76 bits per heavy atom. The van der Waals surface area contributed by atoms with Crippen LogP contribution in [-0.2, 0) is 0 Å². The minimum absolute atomic E-state index is 0.256. The quantitative estimate of drug-likeness (QED) is 0.741. The molecule has 6 heteroatoms. The summed E-state index contributed by atoms with van der Waals surface area (Å²) in [6, 6.07) is 13.0. The Kier molecular flexibility index (Phi) is 4.61. The molecule has 0 unspecified atom stereocenters. The standard InChI is InChI=1S/C19H18N4O2/c1-23(2)18-8-7-15(11-16(18)19(24)25)22-14-5-3-13(4-6-14)17-12-20-9-10-21-17/h3-12,22H,1-2H3,(H,24,25). The molecule has 0 fully saturated rings. The molecule has 2 aromatic carbocycles. The molecule has 0 radical (unpaired) electrons. The summed E-state index contributed by atoms with van der Waals surface area (Å²) in [5.41, 5.74) is 4.27. The molecule has 1 heterocycles. The summed E-state index contributed by atoms with van der Waals surface area (Å²) >= 11 is 0. The molecule has 25 heavy (non-hydrogen) atoms. The van der Waals surface area contributed by atoms with Crippen LogP contribution in [-0.4, -0.2) is 35.1 Å². The molecule has 0 amide bonds. The Morgan fingerprint density at radius 3 is 2.36 bits per heavy atom. The third-order valence-corrected chi connectivity index (χ3v) is 3.74. The van der Waals surface area contributed by atoms with E-state index in [2.05, 4.69) is 15.3 Å². The Bertz CT molecular complexity index is 878. The van der Waals surface area contributed by atoms with Crippen LogP contribution < -0.4 is 10.2 Å². The number of anilines is 3. The van der Waals surface area contributed by atoms with Gasteiger partial charge in [-0.25, -0.2) is 4.79 Å². The van der Waals surface area contributed by atoms with Crippen molar-refractivity contribution in [2.24, 2.45) is 0 Å². The lowest BCUT2D eigenvalue weighted by Gasteiger charge is -2.17. The lowest BCUT2D eigenvalue weighted by atomic mass is 10.1. The third kappa shape index (κ3) is 3.74. The molecule has 1 aromatic heterocycles. The summed E-state index contributed by atoms with van der Waals surface area (Å²) in [6.45, 7) is 0. The average Bonchev–Trinajstić information content (AvgIpc) is 2.63. The third-order valence-electron chi connectivity index (χ3n) is 3.74. The number of benzene rings is 2. The van der Waals surface area contributed by atoms with Crippen molar-refractivity contribution in [3.63, 3.8) is 0 Å². The number of hydrogen-bond acceptors (Lipinski definition) is 5. The number of aromatic nitrogens is 2. The first kappa shape index (κ1) is 16.4. The Morgan fingerprint density at radius 1 is 1.04 bits per heavy atom. The molecule has 0 saturated heterocycles. The van der Waals surface area contributed by atoms with Crippen molar-refractivity contribution in [1.29, 1.82) is 0 Å². The first-order valence-corrected chi connectivity index (χ1v) is 7.73. The van der Waals surface area contributed by atoms with Gasteiger partial charge in [-0.2, -0.15) is 0 Å². The van der Waals surface area contributed by atoms with Crippen LogP contribution in [0.3, 0.4) is 0 Å². The number of nitrogens with one attached hydrogen (secondary N) is 1. The Hall–Kier alpha value is -3.41. The van der Waals surface area contributed by atoms with Crippen molar-refractivity contribution in [2.75, 3.05) is 24.3 Å². The maximum Gasteiger partial charge on any atom is 0.337 e. The van der Waals surface area contributed by atoms with E-state index in [0.717, 1.165) is 22.6 Å². The Balaban J connectivity index is 1.83. The highest BCUT2D eigenvalue weighted by molar-refractivity contribution is 5.96. The minimum atomic E-state index is -0.953. The zero-order valence-electron chi connectivity index (χ0n) is 14.0. The van der Waals surface area contributed by atoms with Gasteiger partial charge in [-0.1, -0.05) is 12.1 Å². The van der Waals surface area contributed by atoms with Gasteiger partial charge in [-0.05, 0) is 30.3 Å². The second-order valence-corrected chi connectivity index (χ2v) is 5.72. The fourth-order valence-corrected chi connectivity index (χ4v) is 2.51. The number of carbonyl (C=O) groups is 1. The number of aromatic carboxylic acids is 1. The van der Waals surface area contributed by atoms with Crippen LogP contribution in [0.15, 0.2) is 61.1 Å². The largest absolute Gasteiger partial charge is 0.478 e. The first-order chi connectivity index (χ1) is 12.0. The van der Waals surface area contributed by atoms with Crippen molar-refractivity contribution >= 4 is 23.0 Å². The monoisotopic (exact) mass is 334 g/mol. The van der Waals surface area contributed by atoms with E-state index in [9.17, 15) is 9.90 Å². The highest BCUT2D eigenvalue weighted by Gasteiger charge is 2.12. The highest BCUT2D eigenvalue weighted by atomic mass is 16.4. The smallest absolute Gasteiger partial charge is 0.337 e. The van der Waals surface area contributed by atoms with E-state index in [0.29, 0.717) is 5.69 Å². The number of carboxylic acid groups (broad SMARTS) is 1. The van der Waals surface area contributed by atoms with Gasteiger partial charge in [0, 0.05) is 43.4 Å². The summed E-state index contributed by atoms with van der Waals surface area (Å²) in [4.78, 5) is 21.6. The molecule has 126 valence electrons. The first-order valence-electron chi connectivity index (χ1n) is 7.73. The molecule has 0 bridgehead atoms. The minimum Gasteiger partial charge on any atom is -0.478 e. The van der Waals surface area contributed by atoms with Crippen LogP contribution in [0, 0.1) is 0 Å². The van der Waals surface area contributed by atoms with E-state index >= 15 is 0 Å². The fourth-order valence-electron chi connectivity index (χ4n) is 2.51. The van der Waals surface area contributed by atoms with Gasteiger partial charge < -0.3 is 15.3 Å². The number of rotatable bonds is 5. The molecule has 3 aromatic rings. The molecule has 0 aliphatic carbocycles. The summed E-state index contributed by atoms with van der Waals surface area (Å²) in [5.74, 6) is -0.953. The van der Waals surface area contributed by atoms with Crippen LogP contribution >= 0.6 is 0 Å². The van der Waals surface area contributed by atoms with Crippen molar-refractivity contribution in [3.8, 4) is 11.3 Å². The predicted molar refractivity (Wildman–Crippen MR) is 98.5 cm³/mol. The second-order valence-electron chi connectivity index (χ2n) is 5.72. The number of hydrogen-bond donors (Lipinski definition) is 2. The molecule has 0 spiro atoms. The van der Waals surface area contributed by atoms with E-state index < -0.39 is 5.97 Å². The summed E-state index contributed by atoms with van der Waals surface area (Å²) in [7, 11) is 3.64. The zero-order chi connectivity index (χ0) is 17.8. The van der Waals surface area contributed by atoms with Gasteiger partial charge in [0.05, 0.1) is 23.1 Å². The average molecular weight is 334 g/mol. The molecule has 0 atom stereocenters. The molecule has 2 N–H and O–H groups in total. The molecule has 3 rings (SSSR count). The van der Waals surface area contributed by atoms with Crippen LogP contribution in [0.2, 0.25) is 0 Å². The van der Waals surface area contributed by atoms with Crippen LogP contribution in [0.1, 0.15) is 10.4 Å². The maximum absolute atomic E-state index is 11.5. The molecule has 0 aliphatic rings. The van der Waals surface area contributed by atoms with Crippen LogP contribution in [0.5, 0.6) is 0 Å². The fraction of sp³-hybridized carbons (Fsp3) is 0.105. The number of nitrogens with zero attached hydrogens (tertiary/aromatic N) is 3. The van der Waals surface area contributed by atoms with Gasteiger partial charge in [0.1, 0.15) is 0 Å². The van der Waals surface area contributed by atoms with Crippen LogP contribution in [0.4, 0.5) is 17.1 Å². The van der Waals surface area contributed by atoms with E-state index in [1.165, 1.54) is 0 Å². The van der Waals surface area contributed by atoms with Crippen LogP contribution in [0.25, 0.3) is 11.3 Å². The van der Waals surface area contributed by atoms with Crippen molar-refractivity contribution in [1.82, 2.24) is 9.97 Å². The molecule has 0 saturated carbocycles. The molecular formula is C19H18N4O2. The normalized spacial score (nSPS) is 10.3. The van der Waals surface area contributed by atoms with Gasteiger partial charge in [0.2, 0.25) is 0 Å². The highest BCUT2D eigenvalue weighted by Crippen LogP contribution is 2.26. The topological polar surface area (TPSA) is 78.3 Å². The lowest BCUT2D eigenvalue weighted by Crippen LogP contribution is -2.14. The van der Waals surface area contributed by atoms with Gasteiger partial charge in [0.25, 0.3) is 0 Å². The molecular weight excluding hydrogens is 316 g/mol. The van der Waals surface area contributed by atoms with Crippen molar-refractivity contribution in [2.45, 2.75) is 0 Å². The van der Waals surface area contributed by atoms with Gasteiger partial charge in [-0.15, -0.1) is 0 Å². The summed E-state index contributed by atoms with van der Waals surface area (Å²) in [6.07, 6.45) is 5.00. The lowest BCUT2D eigenvalue weighted by molar-refractivity contribution is 0.0697.